The van der Waals surface area contributed by atoms with Crippen molar-refractivity contribution in [2.45, 2.75) is 58.4 Å². The lowest BCUT2D eigenvalue weighted by molar-refractivity contribution is -0.143. The molecule has 0 radical (unpaired) electrons. The highest BCUT2D eigenvalue weighted by molar-refractivity contribution is 5.76. The van der Waals surface area contributed by atoms with Gasteiger partial charge < -0.3 is 25.2 Å². The quantitative estimate of drug-likeness (QED) is 0.649. The molecule has 8 nitrogen and oxygen atoms in total. The molecule has 0 aromatic heterocycles. The summed E-state index contributed by atoms with van der Waals surface area (Å²) in [6, 6.07) is 7.94. The van der Waals surface area contributed by atoms with Crippen molar-refractivity contribution in [3.05, 3.63) is 47.5 Å². The van der Waals surface area contributed by atoms with Gasteiger partial charge in [-0.3, -0.25) is 4.79 Å². The normalized spacial score (nSPS) is 21.5. The van der Waals surface area contributed by atoms with Crippen molar-refractivity contribution in [3.63, 3.8) is 0 Å². The molecule has 3 N–H and O–H groups in total. The third-order valence-electron chi connectivity index (χ3n) is 4.37. The van der Waals surface area contributed by atoms with Crippen molar-refractivity contribution in [3.8, 4) is 0 Å². The fraction of sp³-hybridized carbons (Fsp3) is 0.476. The highest BCUT2D eigenvalue weighted by Crippen LogP contribution is 2.26. The molecule has 0 saturated carbocycles. The molecule has 1 aliphatic carbocycles. The number of hydrogen-bond acceptors (Lipinski definition) is 5. The number of carbonyl (C=O) groups excluding carboxylic acids is 2. The number of ether oxygens (including phenoxy) is 2. The van der Waals surface area contributed by atoms with E-state index in [4.69, 9.17) is 9.47 Å². The average Bonchev–Trinajstić information content (AvgIpc) is 2.61. The average molecular weight is 404 g/mol. The van der Waals surface area contributed by atoms with Gasteiger partial charge in [0.1, 0.15) is 12.2 Å². The summed E-state index contributed by atoms with van der Waals surface area (Å²) in [5.41, 5.74) is 0.799. The maximum atomic E-state index is 12.2. The van der Waals surface area contributed by atoms with Crippen LogP contribution in [0.15, 0.2) is 42.0 Å². The number of hydrogen-bond donors (Lipinski definition) is 3. The number of carboxylic acids is 1. The molecule has 158 valence electrons. The molecule has 8 heteroatoms. The first-order valence-corrected chi connectivity index (χ1v) is 9.43. The summed E-state index contributed by atoms with van der Waals surface area (Å²) in [5, 5.41) is 14.9. The van der Waals surface area contributed by atoms with E-state index in [2.05, 4.69) is 10.6 Å². The minimum atomic E-state index is -1.07. The molecular formula is C21H28N2O6. The van der Waals surface area contributed by atoms with Crippen LogP contribution < -0.4 is 10.6 Å². The standard InChI is InChI=1S/C21H28N2O6/c1-13-10-15(22-20(27)29-21(2,3)4)11-16(18(24)25)17(13)23-19(26)28-12-14-8-6-5-7-9-14/h5-10,15-17H,11-12H2,1-4H3,(H,22,27)(H,23,26)(H,24,25)/t15?,16-,17-/m1/s1. The molecule has 2 amide bonds. The van der Waals surface area contributed by atoms with Crippen LogP contribution in [0.2, 0.25) is 0 Å². The molecule has 0 fully saturated rings. The number of alkyl carbamates (subject to hydrolysis) is 2. The van der Waals surface area contributed by atoms with E-state index >= 15 is 0 Å². The molecule has 2 rings (SSSR count). The van der Waals surface area contributed by atoms with Crippen molar-refractivity contribution in [1.29, 1.82) is 0 Å². The highest BCUT2D eigenvalue weighted by atomic mass is 16.6. The van der Waals surface area contributed by atoms with Gasteiger partial charge >= 0.3 is 18.2 Å². The Bertz CT molecular complexity index is 769. The van der Waals surface area contributed by atoms with Gasteiger partial charge in [-0.15, -0.1) is 0 Å². The lowest BCUT2D eigenvalue weighted by atomic mass is 9.82. The summed E-state index contributed by atoms with van der Waals surface area (Å²) >= 11 is 0. The zero-order valence-electron chi connectivity index (χ0n) is 17.1. The number of amides is 2. The minimum Gasteiger partial charge on any atom is -0.481 e. The topological polar surface area (TPSA) is 114 Å². The van der Waals surface area contributed by atoms with Gasteiger partial charge in [0.2, 0.25) is 0 Å². The van der Waals surface area contributed by atoms with Gasteiger partial charge in [-0.25, -0.2) is 9.59 Å². The van der Waals surface area contributed by atoms with Gasteiger partial charge in [0.15, 0.2) is 0 Å². The molecule has 1 aliphatic rings. The molecule has 0 aliphatic heterocycles. The van der Waals surface area contributed by atoms with Gasteiger partial charge in [0.05, 0.1) is 18.0 Å². The van der Waals surface area contributed by atoms with E-state index in [1.54, 1.807) is 33.8 Å². The number of rotatable bonds is 5. The predicted molar refractivity (Wildman–Crippen MR) is 106 cm³/mol. The Balaban J connectivity index is 2.00. The molecule has 1 aromatic carbocycles. The van der Waals surface area contributed by atoms with Crippen LogP contribution in [0.1, 0.15) is 39.7 Å². The highest BCUT2D eigenvalue weighted by Gasteiger charge is 2.37. The van der Waals surface area contributed by atoms with Crippen molar-refractivity contribution >= 4 is 18.2 Å². The molecule has 0 saturated heterocycles. The monoisotopic (exact) mass is 404 g/mol. The second kappa shape index (κ2) is 9.45. The lowest BCUT2D eigenvalue weighted by Crippen LogP contribution is -2.51. The molecule has 0 bridgehead atoms. The molecular weight excluding hydrogens is 376 g/mol. The van der Waals surface area contributed by atoms with E-state index < -0.39 is 41.8 Å². The van der Waals surface area contributed by atoms with Crippen LogP contribution in [0.3, 0.4) is 0 Å². The second-order valence-corrected chi connectivity index (χ2v) is 8.03. The number of benzene rings is 1. The fourth-order valence-electron chi connectivity index (χ4n) is 3.13. The van der Waals surface area contributed by atoms with E-state index in [0.29, 0.717) is 5.57 Å². The maximum Gasteiger partial charge on any atom is 0.408 e. The Labute approximate surface area is 170 Å². The van der Waals surface area contributed by atoms with Crippen LogP contribution in [0.4, 0.5) is 9.59 Å². The number of carbonyl (C=O) groups is 3. The zero-order valence-corrected chi connectivity index (χ0v) is 17.1. The first kappa shape index (κ1) is 22.3. The molecule has 0 heterocycles. The first-order valence-electron chi connectivity index (χ1n) is 9.43. The molecule has 3 atom stereocenters. The van der Waals surface area contributed by atoms with Crippen molar-refractivity contribution in [1.82, 2.24) is 10.6 Å². The lowest BCUT2D eigenvalue weighted by Gasteiger charge is -2.33. The van der Waals surface area contributed by atoms with E-state index in [9.17, 15) is 19.5 Å². The Morgan fingerprint density at radius 3 is 2.34 bits per heavy atom. The maximum absolute atomic E-state index is 12.2. The third-order valence-corrected chi connectivity index (χ3v) is 4.37. The molecule has 1 aromatic rings. The van der Waals surface area contributed by atoms with Crippen LogP contribution >= 0.6 is 0 Å². The Hall–Kier alpha value is -3.03. The van der Waals surface area contributed by atoms with Gasteiger partial charge in [0, 0.05) is 0 Å². The van der Waals surface area contributed by atoms with Gasteiger partial charge in [-0.05, 0) is 39.7 Å². The van der Waals surface area contributed by atoms with Crippen LogP contribution in [0, 0.1) is 5.92 Å². The molecule has 0 spiro atoms. The summed E-state index contributed by atoms with van der Waals surface area (Å²) in [6.07, 6.45) is 0.530. The summed E-state index contributed by atoms with van der Waals surface area (Å²) < 4.78 is 10.4. The van der Waals surface area contributed by atoms with Crippen molar-refractivity contribution in [2.75, 3.05) is 0 Å². The fourth-order valence-corrected chi connectivity index (χ4v) is 3.13. The van der Waals surface area contributed by atoms with E-state index in [0.717, 1.165) is 5.56 Å². The Kier molecular flexibility index (Phi) is 7.25. The summed E-state index contributed by atoms with van der Waals surface area (Å²) in [5.74, 6) is -1.98. The molecule has 29 heavy (non-hydrogen) atoms. The van der Waals surface area contributed by atoms with Crippen LogP contribution in [-0.4, -0.2) is 40.9 Å². The smallest absolute Gasteiger partial charge is 0.408 e. The largest absolute Gasteiger partial charge is 0.481 e. The second-order valence-electron chi connectivity index (χ2n) is 8.03. The van der Waals surface area contributed by atoms with E-state index in [-0.39, 0.29) is 13.0 Å². The molecule has 1 unspecified atom stereocenters. The van der Waals surface area contributed by atoms with Crippen LogP contribution in [0.5, 0.6) is 0 Å². The SMILES string of the molecule is CC1=CC(NC(=O)OC(C)(C)C)C[C@@H](C(=O)O)[C@@H]1NC(=O)OCc1ccccc1. The van der Waals surface area contributed by atoms with Gasteiger partial charge in [0.25, 0.3) is 0 Å². The number of carboxylic acid groups (broad SMARTS) is 1. The third kappa shape index (κ3) is 7.14. The van der Waals surface area contributed by atoms with E-state index in [1.165, 1.54) is 0 Å². The number of aliphatic carboxylic acids is 1. The predicted octanol–water partition coefficient (Wildman–Crippen LogP) is 3.23. The Morgan fingerprint density at radius 1 is 1.10 bits per heavy atom. The zero-order chi connectivity index (χ0) is 21.6. The van der Waals surface area contributed by atoms with E-state index in [1.807, 2.05) is 30.3 Å². The Morgan fingerprint density at radius 2 is 1.76 bits per heavy atom. The summed E-state index contributed by atoms with van der Waals surface area (Å²) in [7, 11) is 0. The van der Waals surface area contributed by atoms with Gasteiger partial charge in [-0.2, -0.15) is 0 Å². The minimum absolute atomic E-state index is 0.0860. The van der Waals surface area contributed by atoms with Crippen molar-refractivity contribution < 1.29 is 29.0 Å². The van der Waals surface area contributed by atoms with Gasteiger partial charge in [-0.1, -0.05) is 42.0 Å². The first-order chi connectivity index (χ1) is 13.5. The summed E-state index contributed by atoms with van der Waals surface area (Å²) in [4.78, 5) is 35.9. The van der Waals surface area contributed by atoms with Crippen LogP contribution in [-0.2, 0) is 20.9 Å². The van der Waals surface area contributed by atoms with Crippen LogP contribution in [0.25, 0.3) is 0 Å². The number of nitrogens with one attached hydrogen (secondary N) is 2. The summed E-state index contributed by atoms with van der Waals surface area (Å²) in [6.45, 7) is 7.03. The van der Waals surface area contributed by atoms with Crippen molar-refractivity contribution in [2.24, 2.45) is 5.92 Å².